The van der Waals surface area contributed by atoms with Gasteiger partial charge in [0, 0.05) is 17.7 Å². The van der Waals surface area contributed by atoms with Crippen molar-refractivity contribution in [2.45, 2.75) is 26.3 Å². The van der Waals surface area contributed by atoms with E-state index in [-0.39, 0.29) is 5.54 Å². The Kier molecular flexibility index (Phi) is 3.47. The minimum atomic E-state index is -1.13. The first-order valence-corrected chi connectivity index (χ1v) is 3.54. The first-order chi connectivity index (χ1) is 5.31. The molecule has 0 rings (SSSR count). The molecule has 2 N–H and O–H groups in total. The van der Waals surface area contributed by atoms with E-state index in [0.29, 0.717) is 0 Å². The molecule has 0 heterocycles. The van der Waals surface area contributed by atoms with Crippen molar-refractivity contribution in [3.05, 3.63) is 12.2 Å². The Morgan fingerprint density at radius 2 is 1.75 bits per heavy atom. The monoisotopic (exact) mass is 171 g/mol. The predicted molar refractivity (Wildman–Crippen MR) is 44.7 cm³/mol. The minimum absolute atomic E-state index is 0.333. The van der Waals surface area contributed by atoms with Crippen molar-refractivity contribution >= 4 is 11.9 Å². The zero-order valence-electron chi connectivity index (χ0n) is 7.42. The molecule has 0 aromatic rings. The van der Waals surface area contributed by atoms with Gasteiger partial charge in [-0.2, -0.15) is 0 Å². The Labute approximate surface area is 71.3 Å². The highest BCUT2D eigenvalue weighted by atomic mass is 16.4. The van der Waals surface area contributed by atoms with Crippen LogP contribution in [-0.2, 0) is 9.59 Å². The zero-order chi connectivity index (χ0) is 9.78. The summed E-state index contributed by atoms with van der Waals surface area (Å²) in [5, 5.41) is 10.8. The van der Waals surface area contributed by atoms with E-state index in [1.807, 2.05) is 20.8 Å². The van der Waals surface area contributed by atoms with Gasteiger partial charge in [-0.15, -0.1) is 0 Å². The lowest BCUT2D eigenvalue weighted by molar-refractivity contribution is -0.131. The van der Waals surface area contributed by atoms with Gasteiger partial charge in [0.25, 0.3) is 0 Å². The fraction of sp³-hybridized carbons (Fsp3) is 0.500. The molecule has 0 aliphatic rings. The maximum atomic E-state index is 10.9. The van der Waals surface area contributed by atoms with Crippen LogP contribution in [-0.4, -0.2) is 22.5 Å². The zero-order valence-corrected chi connectivity index (χ0v) is 7.42. The van der Waals surface area contributed by atoms with E-state index >= 15 is 0 Å². The average molecular weight is 171 g/mol. The molecule has 0 saturated carbocycles. The third-order valence-corrected chi connectivity index (χ3v) is 0.875. The molecule has 68 valence electrons. The molecule has 0 bridgehead atoms. The Bertz CT molecular complexity index is 213. The second kappa shape index (κ2) is 3.90. The highest BCUT2D eigenvalue weighted by molar-refractivity contribution is 5.94. The maximum absolute atomic E-state index is 10.9. The molecule has 0 atom stereocenters. The number of carboxylic acid groups (broad SMARTS) is 1. The summed E-state index contributed by atoms with van der Waals surface area (Å²) in [6, 6.07) is 0. The molecule has 0 saturated heterocycles. The third kappa shape index (κ3) is 6.80. The Morgan fingerprint density at radius 3 is 2.08 bits per heavy atom. The van der Waals surface area contributed by atoms with Gasteiger partial charge in [-0.25, -0.2) is 4.79 Å². The summed E-state index contributed by atoms with van der Waals surface area (Å²) in [5.41, 5.74) is -0.333. The summed E-state index contributed by atoms with van der Waals surface area (Å²) in [6.45, 7) is 5.46. The Hall–Kier alpha value is -1.32. The lowest BCUT2D eigenvalue weighted by atomic mass is 10.1. The van der Waals surface area contributed by atoms with Gasteiger partial charge < -0.3 is 10.4 Å². The fourth-order valence-electron chi connectivity index (χ4n) is 0.558. The Balaban J connectivity index is 3.99. The molecule has 4 nitrogen and oxygen atoms in total. The molecule has 0 spiro atoms. The standard InChI is InChI=1S/C8H13NO3/c1-8(2,3)9-6(10)4-5-7(11)12/h4-5H,1-3H3,(H,9,10)(H,11,12)/b5-4-. The van der Waals surface area contributed by atoms with E-state index in [2.05, 4.69) is 5.32 Å². The van der Waals surface area contributed by atoms with E-state index in [0.717, 1.165) is 12.2 Å². The second-order valence-corrected chi connectivity index (χ2v) is 3.41. The molecule has 1 amide bonds. The number of hydrogen-bond acceptors (Lipinski definition) is 2. The summed E-state index contributed by atoms with van der Waals surface area (Å²) in [4.78, 5) is 20.9. The first-order valence-electron chi connectivity index (χ1n) is 3.54. The molecular formula is C8H13NO3. The van der Waals surface area contributed by atoms with E-state index in [1.54, 1.807) is 0 Å². The number of rotatable bonds is 2. The van der Waals surface area contributed by atoms with E-state index < -0.39 is 11.9 Å². The van der Waals surface area contributed by atoms with Gasteiger partial charge >= 0.3 is 5.97 Å². The molecule has 0 aliphatic carbocycles. The van der Waals surface area contributed by atoms with Crippen LogP contribution in [0.5, 0.6) is 0 Å². The van der Waals surface area contributed by atoms with Crippen molar-refractivity contribution < 1.29 is 14.7 Å². The molecule has 0 aromatic carbocycles. The van der Waals surface area contributed by atoms with Crippen molar-refractivity contribution in [1.82, 2.24) is 5.32 Å². The summed E-state index contributed by atoms with van der Waals surface area (Å²) >= 11 is 0. The third-order valence-electron chi connectivity index (χ3n) is 0.875. The van der Waals surface area contributed by atoms with Crippen molar-refractivity contribution in [3.8, 4) is 0 Å². The molecule has 0 aromatic heterocycles. The number of amides is 1. The van der Waals surface area contributed by atoms with E-state index in [4.69, 9.17) is 5.11 Å². The fourth-order valence-corrected chi connectivity index (χ4v) is 0.558. The van der Waals surface area contributed by atoms with Gasteiger partial charge in [0.15, 0.2) is 0 Å². The molecule has 0 radical (unpaired) electrons. The van der Waals surface area contributed by atoms with E-state index in [1.165, 1.54) is 0 Å². The summed E-state index contributed by atoms with van der Waals surface area (Å²) in [6.07, 6.45) is 1.80. The van der Waals surface area contributed by atoms with E-state index in [9.17, 15) is 9.59 Å². The van der Waals surface area contributed by atoms with Crippen molar-refractivity contribution in [3.63, 3.8) is 0 Å². The highest BCUT2D eigenvalue weighted by Gasteiger charge is 2.11. The van der Waals surface area contributed by atoms with Gasteiger partial charge in [0.2, 0.25) is 5.91 Å². The van der Waals surface area contributed by atoms with Crippen molar-refractivity contribution in [2.24, 2.45) is 0 Å². The van der Waals surface area contributed by atoms with Gasteiger partial charge in [0.05, 0.1) is 0 Å². The van der Waals surface area contributed by atoms with Crippen LogP contribution in [0.25, 0.3) is 0 Å². The number of hydrogen-bond donors (Lipinski definition) is 2. The SMILES string of the molecule is CC(C)(C)NC(=O)/C=C\C(=O)O. The number of carbonyl (C=O) groups is 2. The van der Waals surface area contributed by atoms with Crippen LogP contribution in [0, 0.1) is 0 Å². The largest absolute Gasteiger partial charge is 0.478 e. The number of nitrogens with one attached hydrogen (secondary N) is 1. The van der Waals surface area contributed by atoms with Crippen LogP contribution >= 0.6 is 0 Å². The lowest BCUT2D eigenvalue weighted by Gasteiger charge is -2.18. The first kappa shape index (κ1) is 10.7. The van der Waals surface area contributed by atoms with Crippen LogP contribution in [0.15, 0.2) is 12.2 Å². The van der Waals surface area contributed by atoms with Crippen molar-refractivity contribution in [1.29, 1.82) is 0 Å². The number of carbonyl (C=O) groups excluding carboxylic acids is 1. The van der Waals surface area contributed by atoms with Crippen LogP contribution in [0.2, 0.25) is 0 Å². The molecule has 12 heavy (non-hydrogen) atoms. The summed E-state index contributed by atoms with van der Waals surface area (Å²) < 4.78 is 0. The van der Waals surface area contributed by atoms with Gasteiger partial charge in [-0.3, -0.25) is 4.79 Å². The van der Waals surface area contributed by atoms with Crippen LogP contribution < -0.4 is 5.32 Å². The Morgan fingerprint density at radius 1 is 1.25 bits per heavy atom. The second-order valence-electron chi connectivity index (χ2n) is 3.41. The van der Waals surface area contributed by atoms with Crippen LogP contribution in [0.3, 0.4) is 0 Å². The highest BCUT2D eigenvalue weighted by Crippen LogP contribution is 1.97. The summed E-state index contributed by atoms with van der Waals surface area (Å²) in [5.74, 6) is -1.52. The normalized spacial score (nSPS) is 11.6. The minimum Gasteiger partial charge on any atom is -0.478 e. The number of aliphatic carboxylic acids is 1. The van der Waals surface area contributed by atoms with Crippen LogP contribution in [0.4, 0.5) is 0 Å². The molecule has 0 aliphatic heterocycles. The average Bonchev–Trinajstić information content (AvgIpc) is 1.79. The van der Waals surface area contributed by atoms with Crippen molar-refractivity contribution in [2.75, 3.05) is 0 Å². The number of carboxylic acids is 1. The summed E-state index contributed by atoms with van der Waals surface area (Å²) in [7, 11) is 0. The maximum Gasteiger partial charge on any atom is 0.328 e. The molecule has 0 fully saturated rings. The van der Waals surface area contributed by atoms with Gasteiger partial charge in [-0.1, -0.05) is 0 Å². The lowest BCUT2D eigenvalue weighted by Crippen LogP contribution is -2.39. The van der Waals surface area contributed by atoms with Gasteiger partial charge in [0.1, 0.15) is 0 Å². The topological polar surface area (TPSA) is 66.4 Å². The van der Waals surface area contributed by atoms with Gasteiger partial charge in [-0.05, 0) is 20.8 Å². The van der Waals surface area contributed by atoms with Crippen LogP contribution in [0.1, 0.15) is 20.8 Å². The quantitative estimate of drug-likeness (QED) is 0.596. The predicted octanol–water partition coefficient (Wildman–Crippen LogP) is 0.542. The molecule has 4 heteroatoms. The molecule has 0 unspecified atom stereocenters. The smallest absolute Gasteiger partial charge is 0.328 e. The molecular weight excluding hydrogens is 158 g/mol.